The number of amides is 2. The molecule has 0 bridgehead atoms. The van der Waals surface area contributed by atoms with Crippen LogP contribution in [-0.2, 0) is 10.0 Å². The predicted molar refractivity (Wildman–Crippen MR) is 51.1 cm³/mol. The SMILES string of the molecule is NC(=O)NNS(=O)(=O)c1ccc(O)cc1. The van der Waals surface area contributed by atoms with Crippen LogP contribution in [0, 0.1) is 0 Å². The zero-order valence-corrected chi connectivity index (χ0v) is 8.28. The molecule has 2 amide bonds. The van der Waals surface area contributed by atoms with Crippen LogP contribution in [0.3, 0.4) is 0 Å². The molecule has 1 rings (SSSR count). The van der Waals surface area contributed by atoms with Gasteiger partial charge in [0.05, 0.1) is 4.90 Å². The van der Waals surface area contributed by atoms with Crippen LogP contribution in [0.5, 0.6) is 5.75 Å². The number of carbonyl (C=O) groups excluding carboxylic acids is 1. The first kappa shape index (κ1) is 11.3. The van der Waals surface area contributed by atoms with E-state index in [4.69, 9.17) is 5.11 Å². The van der Waals surface area contributed by atoms with Crippen LogP contribution in [0.25, 0.3) is 0 Å². The molecule has 15 heavy (non-hydrogen) atoms. The Balaban J connectivity index is 2.87. The lowest BCUT2D eigenvalue weighted by atomic mass is 10.3. The predicted octanol–water partition coefficient (Wildman–Crippen LogP) is -0.746. The number of hydrazine groups is 1. The van der Waals surface area contributed by atoms with E-state index in [0.717, 1.165) is 0 Å². The van der Waals surface area contributed by atoms with Gasteiger partial charge in [-0.15, -0.1) is 4.83 Å². The third kappa shape index (κ3) is 3.11. The summed E-state index contributed by atoms with van der Waals surface area (Å²) in [6.45, 7) is 0. The quantitative estimate of drug-likeness (QED) is 0.511. The Hall–Kier alpha value is -1.80. The van der Waals surface area contributed by atoms with Gasteiger partial charge in [-0.3, -0.25) is 5.43 Å². The van der Waals surface area contributed by atoms with Gasteiger partial charge in [-0.1, -0.05) is 0 Å². The van der Waals surface area contributed by atoms with E-state index in [-0.39, 0.29) is 10.6 Å². The molecular formula is C7H9N3O4S. The molecule has 1 aromatic carbocycles. The Morgan fingerprint density at radius 3 is 2.27 bits per heavy atom. The highest BCUT2D eigenvalue weighted by atomic mass is 32.2. The number of benzene rings is 1. The molecule has 1 aromatic rings. The van der Waals surface area contributed by atoms with Crippen LogP contribution in [0.1, 0.15) is 0 Å². The molecule has 0 fully saturated rings. The molecule has 0 saturated carbocycles. The first-order valence-electron chi connectivity index (χ1n) is 3.78. The molecule has 7 nitrogen and oxygen atoms in total. The molecule has 0 spiro atoms. The van der Waals surface area contributed by atoms with Gasteiger partial charge < -0.3 is 10.8 Å². The fraction of sp³-hybridized carbons (Fsp3) is 0. The molecule has 0 aliphatic rings. The zero-order chi connectivity index (χ0) is 11.5. The number of sulfonamides is 1. The van der Waals surface area contributed by atoms with Crippen LogP contribution in [-0.4, -0.2) is 19.6 Å². The molecule has 5 N–H and O–H groups in total. The first-order chi connectivity index (χ1) is 6.92. The lowest BCUT2D eigenvalue weighted by molar-refractivity contribution is 0.247. The Kier molecular flexibility index (Phi) is 3.12. The summed E-state index contributed by atoms with van der Waals surface area (Å²) in [6.07, 6.45) is 0. The van der Waals surface area contributed by atoms with Gasteiger partial charge in [0.1, 0.15) is 5.75 Å². The number of phenols is 1. The van der Waals surface area contributed by atoms with Crippen molar-refractivity contribution in [1.29, 1.82) is 0 Å². The number of hydrogen-bond donors (Lipinski definition) is 4. The molecule has 0 radical (unpaired) electrons. The summed E-state index contributed by atoms with van der Waals surface area (Å²) in [5, 5.41) is 8.94. The topological polar surface area (TPSA) is 122 Å². The van der Waals surface area contributed by atoms with Gasteiger partial charge in [0.25, 0.3) is 10.0 Å². The summed E-state index contributed by atoms with van der Waals surface area (Å²) in [4.78, 5) is 11.9. The zero-order valence-electron chi connectivity index (χ0n) is 7.47. The standard InChI is InChI=1S/C7H9N3O4S/c8-7(12)9-10-15(13,14)6-3-1-5(11)2-4-6/h1-4,10-11H,(H3,8,9,12). The Bertz CT molecular complexity index is 454. The highest BCUT2D eigenvalue weighted by Gasteiger charge is 2.13. The van der Waals surface area contributed by atoms with Gasteiger partial charge in [-0.2, -0.15) is 0 Å². The van der Waals surface area contributed by atoms with Crippen molar-refractivity contribution in [2.45, 2.75) is 4.90 Å². The number of carbonyl (C=O) groups is 1. The second-order valence-electron chi connectivity index (χ2n) is 2.59. The smallest absolute Gasteiger partial charge is 0.327 e. The number of primary amides is 1. The van der Waals surface area contributed by atoms with E-state index < -0.39 is 16.1 Å². The van der Waals surface area contributed by atoms with Gasteiger partial charge in [0.15, 0.2) is 0 Å². The van der Waals surface area contributed by atoms with E-state index in [1.165, 1.54) is 24.3 Å². The van der Waals surface area contributed by atoms with Crippen molar-refractivity contribution in [3.63, 3.8) is 0 Å². The van der Waals surface area contributed by atoms with Crippen molar-refractivity contribution in [2.75, 3.05) is 0 Å². The third-order valence-corrected chi connectivity index (χ3v) is 2.72. The summed E-state index contributed by atoms with van der Waals surface area (Å²) in [6, 6.07) is 3.76. The number of hydrogen-bond acceptors (Lipinski definition) is 4. The molecular weight excluding hydrogens is 222 g/mol. The lowest BCUT2D eigenvalue weighted by Gasteiger charge is -2.05. The van der Waals surface area contributed by atoms with Gasteiger partial charge >= 0.3 is 6.03 Å². The molecule has 0 saturated heterocycles. The van der Waals surface area contributed by atoms with Crippen LogP contribution in [0.15, 0.2) is 29.2 Å². The average molecular weight is 231 g/mol. The van der Waals surface area contributed by atoms with Crippen molar-refractivity contribution in [3.8, 4) is 5.75 Å². The number of rotatable bonds is 3. The summed E-state index contributed by atoms with van der Waals surface area (Å²) in [5.74, 6) is -0.0585. The van der Waals surface area contributed by atoms with E-state index in [9.17, 15) is 13.2 Å². The minimum absolute atomic E-state index is 0.0585. The summed E-state index contributed by atoms with van der Waals surface area (Å²) in [7, 11) is -3.85. The normalized spacial score (nSPS) is 10.9. The molecule has 8 heteroatoms. The van der Waals surface area contributed by atoms with Crippen LogP contribution in [0.2, 0.25) is 0 Å². The fourth-order valence-corrected chi connectivity index (χ4v) is 1.65. The maximum atomic E-state index is 11.4. The van der Waals surface area contributed by atoms with Crippen LogP contribution >= 0.6 is 0 Å². The summed E-state index contributed by atoms with van der Waals surface area (Å²) < 4.78 is 22.8. The van der Waals surface area contributed by atoms with Crippen molar-refractivity contribution in [3.05, 3.63) is 24.3 Å². The molecule has 0 aliphatic heterocycles. The highest BCUT2D eigenvalue weighted by Crippen LogP contribution is 2.13. The molecule has 0 heterocycles. The molecule has 82 valence electrons. The van der Waals surface area contributed by atoms with E-state index in [1.807, 2.05) is 0 Å². The number of nitrogens with one attached hydrogen (secondary N) is 2. The largest absolute Gasteiger partial charge is 0.508 e. The Morgan fingerprint density at radius 1 is 1.27 bits per heavy atom. The van der Waals surface area contributed by atoms with Gasteiger partial charge in [0.2, 0.25) is 0 Å². The molecule has 0 unspecified atom stereocenters. The Morgan fingerprint density at radius 2 is 1.80 bits per heavy atom. The minimum Gasteiger partial charge on any atom is -0.508 e. The number of urea groups is 1. The van der Waals surface area contributed by atoms with Crippen molar-refractivity contribution in [2.24, 2.45) is 5.73 Å². The van der Waals surface area contributed by atoms with E-state index in [2.05, 4.69) is 5.73 Å². The second kappa shape index (κ2) is 4.15. The number of nitrogens with two attached hydrogens (primary N) is 1. The second-order valence-corrected chi connectivity index (χ2v) is 4.27. The van der Waals surface area contributed by atoms with E-state index in [0.29, 0.717) is 0 Å². The van der Waals surface area contributed by atoms with Gasteiger partial charge in [0, 0.05) is 0 Å². The van der Waals surface area contributed by atoms with E-state index in [1.54, 1.807) is 10.3 Å². The maximum Gasteiger partial charge on any atom is 0.327 e. The van der Waals surface area contributed by atoms with Gasteiger partial charge in [-0.05, 0) is 24.3 Å². The van der Waals surface area contributed by atoms with Gasteiger partial charge in [-0.25, -0.2) is 13.2 Å². The minimum atomic E-state index is -3.85. The maximum absolute atomic E-state index is 11.4. The summed E-state index contributed by atoms with van der Waals surface area (Å²) >= 11 is 0. The molecule has 0 aliphatic carbocycles. The third-order valence-electron chi connectivity index (χ3n) is 1.46. The molecule has 0 aromatic heterocycles. The Labute approximate surface area is 85.9 Å². The molecule has 0 atom stereocenters. The fourth-order valence-electron chi connectivity index (χ4n) is 0.802. The van der Waals surface area contributed by atoms with Crippen LogP contribution in [0.4, 0.5) is 4.79 Å². The van der Waals surface area contributed by atoms with E-state index >= 15 is 0 Å². The summed E-state index contributed by atoms with van der Waals surface area (Å²) in [5.41, 5.74) is 6.42. The number of phenolic OH excluding ortho intramolecular Hbond substituents is 1. The van der Waals surface area contributed by atoms with Crippen LogP contribution < -0.4 is 16.0 Å². The highest BCUT2D eigenvalue weighted by molar-refractivity contribution is 7.89. The average Bonchev–Trinajstić information content (AvgIpc) is 2.16. The lowest BCUT2D eigenvalue weighted by Crippen LogP contribution is -2.44. The van der Waals surface area contributed by atoms with Crippen molar-refractivity contribution < 1.29 is 18.3 Å². The monoisotopic (exact) mass is 231 g/mol. The van der Waals surface area contributed by atoms with Crippen molar-refractivity contribution >= 4 is 16.1 Å². The number of aromatic hydroxyl groups is 1. The first-order valence-corrected chi connectivity index (χ1v) is 5.26. The van der Waals surface area contributed by atoms with Crippen molar-refractivity contribution in [1.82, 2.24) is 10.3 Å².